The third-order valence-electron chi connectivity index (χ3n) is 4.16. The van der Waals surface area contributed by atoms with Gasteiger partial charge in [-0.2, -0.15) is 0 Å². The van der Waals surface area contributed by atoms with Crippen molar-refractivity contribution in [1.82, 2.24) is 0 Å². The summed E-state index contributed by atoms with van der Waals surface area (Å²) >= 11 is 1.42. The van der Waals surface area contributed by atoms with E-state index in [1.807, 2.05) is 97.1 Å². The Morgan fingerprint density at radius 2 is 1.41 bits per heavy atom. The molecule has 1 amide bonds. The van der Waals surface area contributed by atoms with E-state index < -0.39 is 0 Å². The van der Waals surface area contributed by atoms with Crippen LogP contribution in [-0.4, -0.2) is 11.1 Å². The summed E-state index contributed by atoms with van der Waals surface area (Å²) in [6.45, 7) is 0.540. The maximum absolute atomic E-state index is 13.1. The largest absolute Gasteiger partial charge is 0.271 e. The van der Waals surface area contributed by atoms with Crippen LogP contribution < -0.4 is 4.90 Å². The molecule has 3 aromatic rings. The number of thioether (sulfide) groups is 1. The lowest BCUT2D eigenvalue weighted by molar-refractivity contribution is -0.113. The summed E-state index contributed by atoms with van der Waals surface area (Å²) in [5.74, 6) is -0.0399. The van der Waals surface area contributed by atoms with E-state index in [9.17, 15) is 4.79 Å². The van der Waals surface area contributed by atoms with Crippen LogP contribution in [-0.2, 0) is 11.3 Å². The molecule has 0 bridgehead atoms. The second-order valence-corrected chi connectivity index (χ2v) is 7.09. The fourth-order valence-corrected chi connectivity index (χ4v) is 3.81. The van der Waals surface area contributed by atoms with E-state index in [1.54, 1.807) is 4.90 Å². The first kappa shape index (κ1) is 17.3. The average molecular weight is 370 g/mol. The van der Waals surface area contributed by atoms with Gasteiger partial charge in [0, 0.05) is 0 Å². The van der Waals surface area contributed by atoms with Gasteiger partial charge in [-0.15, -0.1) is 0 Å². The first-order valence-corrected chi connectivity index (χ1v) is 9.55. The van der Waals surface area contributed by atoms with Crippen molar-refractivity contribution in [3.8, 4) is 0 Å². The van der Waals surface area contributed by atoms with Gasteiger partial charge in [-0.3, -0.25) is 14.7 Å². The molecule has 3 nitrogen and oxygen atoms in total. The molecule has 0 atom stereocenters. The molecule has 3 aromatic carbocycles. The third-order valence-corrected chi connectivity index (χ3v) is 5.16. The van der Waals surface area contributed by atoms with E-state index >= 15 is 0 Å². The molecule has 0 N–H and O–H groups in total. The number of para-hydroxylation sites is 1. The van der Waals surface area contributed by atoms with E-state index in [4.69, 9.17) is 4.99 Å². The summed E-state index contributed by atoms with van der Waals surface area (Å²) in [7, 11) is 0. The lowest BCUT2D eigenvalue weighted by atomic mass is 10.2. The van der Waals surface area contributed by atoms with Crippen LogP contribution in [0.5, 0.6) is 0 Å². The molecule has 0 unspecified atom stereocenters. The number of aliphatic imine (C=N–C) groups is 1. The number of carbonyl (C=O) groups excluding carboxylic acids is 1. The van der Waals surface area contributed by atoms with Gasteiger partial charge in [0.25, 0.3) is 5.91 Å². The van der Waals surface area contributed by atoms with Gasteiger partial charge in [-0.1, -0.05) is 78.9 Å². The highest BCUT2D eigenvalue weighted by molar-refractivity contribution is 8.19. The molecule has 27 heavy (non-hydrogen) atoms. The summed E-state index contributed by atoms with van der Waals surface area (Å²) < 4.78 is 0. The minimum Gasteiger partial charge on any atom is -0.268 e. The molecular formula is C23H18N2OS. The van der Waals surface area contributed by atoms with Crippen molar-refractivity contribution in [2.75, 3.05) is 4.90 Å². The smallest absolute Gasteiger partial charge is 0.268 e. The Morgan fingerprint density at radius 1 is 0.815 bits per heavy atom. The van der Waals surface area contributed by atoms with Crippen molar-refractivity contribution < 1.29 is 4.79 Å². The van der Waals surface area contributed by atoms with E-state index in [0.29, 0.717) is 16.6 Å². The molecule has 0 saturated carbocycles. The molecule has 1 fully saturated rings. The molecule has 1 heterocycles. The highest BCUT2D eigenvalue weighted by Crippen LogP contribution is 2.36. The van der Waals surface area contributed by atoms with E-state index in [0.717, 1.165) is 16.8 Å². The molecule has 4 heteroatoms. The fraction of sp³-hybridized carbons (Fsp3) is 0.0435. The Kier molecular flexibility index (Phi) is 5.17. The Hall–Kier alpha value is -3.11. The molecule has 132 valence electrons. The van der Waals surface area contributed by atoms with Crippen LogP contribution in [0, 0.1) is 0 Å². The van der Waals surface area contributed by atoms with Gasteiger partial charge in [0.15, 0.2) is 5.17 Å². The van der Waals surface area contributed by atoms with Crippen LogP contribution in [0.3, 0.4) is 0 Å². The normalized spacial score (nSPS) is 17.0. The van der Waals surface area contributed by atoms with Crippen molar-refractivity contribution >= 4 is 34.6 Å². The average Bonchev–Trinajstić information content (AvgIpc) is 3.04. The van der Waals surface area contributed by atoms with Crippen molar-refractivity contribution in [2.45, 2.75) is 6.54 Å². The van der Waals surface area contributed by atoms with Gasteiger partial charge < -0.3 is 0 Å². The number of nitrogens with zero attached hydrogens (tertiary/aromatic N) is 2. The van der Waals surface area contributed by atoms with Crippen molar-refractivity contribution in [3.63, 3.8) is 0 Å². The van der Waals surface area contributed by atoms with Gasteiger partial charge in [-0.05, 0) is 41.1 Å². The van der Waals surface area contributed by atoms with Gasteiger partial charge in [0.2, 0.25) is 0 Å². The standard InChI is InChI=1S/C23H18N2OS/c26-22-21(16-18-10-4-1-5-11-18)27-23(24-17-19-12-6-2-7-13-19)25(22)20-14-8-3-9-15-20/h1-16H,17H2/b21-16-,24-23-. The topological polar surface area (TPSA) is 32.7 Å². The minimum absolute atomic E-state index is 0.0399. The van der Waals surface area contributed by atoms with Crippen LogP contribution in [0.25, 0.3) is 6.08 Å². The van der Waals surface area contributed by atoms with Gasteiger partial charge in [0.05, 0.1) is 17.1 Å². The first-order chi connectivity index (χ1) is 13.3. The zero-order valence-corrected chi connectivity index (χ0v) is 15.5. The Bertz CT molecular complexity index is 983. The molecule has 1 aliphatic rings. The number of carbonyl (C=O) groups is 1. The zero-order valence-electron chi connectivity index (χ0n) is 14.7. The second-order valence-electron chi connectivity index (χ2n) is 6.08. The van der Waals surface area contributed by atoms with Crippen LogP contribution in [0.1, 0.15) is 11.1 Å². The minimum atomic E-state index is -0.0399. The number of anilines is 1. The lowest BCUT2D eigenvalue weighted by Crippen LogP contribution is -2.28. The third kappa shape index (κ3) is 4.01. The maximum Gasteiger partial charge on any atom is 0.271 e. The van der Waals surface area contributed by atoms with Crippen LogP contribution in [0.4, 0.5) is 5.69 Å². The van der Waals surface area contributed by atoms with Crippen molar-refractivity contribution in [2.24, 2.45) is 4.99 Å². The Labute approximate surface area is 163 Å². The number of hydrogen-bond acceptors (Lipinski definition) is 3. The number of rotatable bonds is 4. The Balaban J connectivity index is 1.69. The molecular weight excluding hydrogens is 352 g/mol. The summed E-state index contributed by atoms with van der Waals surface area (Å²) in [4.78, 5) is 20.2. The monoisotopic (exact) mass is 370 g/mol. The molecule has 4 rings (SSSR count). The molecule has 0 radical (unpaired) electrons. The zero-order chi connectivity index (χ0) is 18.5. The predicted molar refractivity (Wildman–Crippen MR) is 114 cm³/mol. The number of amidine groups is 1. The van der Waals surface area contributed by atoms with Crippen LogP contribution >= 0.6 is 11.8 Å². The van der Waals surface area contributed by atoms with Crippen molar-refractivity contribution in [1.29, 1.82) is 0 Å². The van der Waals surface area contributed by atoms with Gasteiger partial charge in [-0.25, -0.2) is 0 Å². The highest BCUT2D eigenvalue weighted by Gasteiger charge is 2.34. The summed E-state index contributed by atoms with van der Waals surface area (Å²) in [6, 6.07) is 29.6. The SMILES string of the molecule is O=C1/C(=C/c2ccccc2)S/C(=N\Cc2ccccc2)N1c1ccccc1. The van der Waals surface area contributed by atoms with E-state index in [-0.39, 0.29) is 5.91 Å². The summed E-state index contributed by atoms with van der Waals surface area (Å²) in [5.41, 5.74) is 2.95. The highest BCUT2D eigenvalue weighted by atomic mass is 32.2. The second kappa shape index (κ2) is 8.06. The molecule has 1 saturated heterocycles. The first-order valence-electron chi connectivity index (χ1n) is 8.74. The maximum atomic E-state index is 13.1. The number of amides is 1. The summed E-state index contributed by atoms with van der Waals surface area (Å²) in [5, 5.41) is 0.706. The fourth-order valence-electron chi connectivity index (χ4n) is 2.83. The molecule has 0 spiro atoms. The number of hydrogen-bond donors (Lipinski definition) is 0. The summed E-state index contributed by atoms with van der Waals surface area (Å²) in [6.07, 6.45) is 1.92. The lowest BCUT2D eigenvalue weighted by Gasteiger charge is -2.15. The van der Waals surface area contributed by atoms with Crippen molar-refractivity contribution in [3.05, 3.63) is 107 Å². The molecule has 1 aliphatic heterocycles. The predicted octanol–water partition coefficient (Wildman–Crippen LogP) is 5.36. The van der Waals surface area contributed by atoms with Crippen LogP contribution in [0.2, 0.25) is 0 Å². The van der Waals surface area contributed by atoms with Gasteiger partial charge >= 0.3 is 0 Å². The van der Waals surface area contributed by atoms with E-state index in [1.165, 1.54) is 11.8 Å². The number of benzene rings is 3. The van der Waals surface area contributed by atoms with Gasteiger partial charge in [0.1, 0.15) is 0 Å². The molecule has 0 aliphatic carbocycles. The quantitative estimate of drug-likeness (QED) is 0.579. The molecule has 0 aromatic heterocycles. The van der Waals surface area contributed by atoms with E-state index in [2.05, 4.69) is 0 Å². The van der Waals surface area contributed by atoms with Crippen LogP contribution in [0.15, 0.2) is 101 Å². The Morgan fingerprint density at radius 3 is 2.07 bits per heavy atom.